The number of hydrogen-bond donors (Lipinski definition) is 0. The molecule has 0 saturated heterocycles. The third kappa shape index (κ3) is 5.07. The van der Waals surface area contributed by atoms with E-state index in [1.807, 2.05) is 13.8 Å². The van der Waals surface area contributed by atoms with Crippen molar-refractivity contribution in [3.05, 3.63) is 39.9 Å². The first kappa shape index (κ1) is 16.3. The molecule has 0 saturated carbocycles. The number of methoxy groups -OCH3 is 1. The average Bonchev–Trinajstić information content (AvgIpc) is 2.43. The highest BCUT2D eigenvalue weighted by Gasteiger charge is 2.16. The van der Waals surface area contributed by atoms with Gasteiger partial charge in [-0.1, -0.05) is 12.1 Å². The minimum absolute atomic E-state index is 0.0963. The summed E-state index contributed by atoms with van der Waals surface area (Å²) in [5, 5.41) is 10.6. The minimum atomic E-state index is -0.529. The van der Waals surface area contributed by atoms with Crippen LogP contribution in [0.15, 0.2) is 24.3 Å². The van der Waals surface area contributed by atoms with Crippen LogP contribution in [0.3, 0.4) is 0 Å². The number of carbonyl (C=O) groups is 1. The van der Waals surface area contributed by atoms with Crippen molar-refractivity contribution in [1.29, 1.82) is 0 Å². The second-order valence-corrected chi connectivity index (χ2v) is 5.00. The van der Waals surface area contributed by atoms with E-state index in [0.29, 0.717) is 13.0 Å². The molecule has 1 rings (SSSR count). The van der Waals surface area contributed by atoms with E-state index in [2.05, 4.69) is 0 Å². The van der Waals surface area contributed by atoms with Gasteiger partial charge in [-0.15, -0.1) is 0 Å². The second-order valence-electron chi connectivity index (χ2n) is 5.00. The third-order valence-corrected chi connectivity index (χ3v) is 3.01. The van der Waals surface area contributed by atoms with Gasteiger partial charge in [0, 0.05) is 31.4 Å². The van der Waals surface area contributed by atoms with Gasteiger partial charge in [0.15, 0.2) is 5.78 Å². The average molecular weight is 281 g/mol. The standard InChI is InChI=1S/C14H19NO5/c1-14(2,19-3)7-8-20-10-13(16)11-5-4-6-12(9-11)15(17)18/h4-6,9H,7-8,10H2,1-3H3. The molecule has 20 heavy (non-hydrogen) atoms. The first-order chi connectivity index (χ1) is 9.35. The Balaban J connectivity index is 2.47. The van der Waals surface area contributed by atoms with Crippen molar-refractivity contribution in [2.24, 2.45) is 0 Å². The van der Waals surface area contributed by atoms with Gasteiger partial charge >= 0.3 is 0 Å². The van der Waals surface area contributed by atoms with Crippen molar-refractivity contribution in [1.82, 2.24) is 0 Å². The molecule has 6 heteroatoms. The molecule has 0 bridgehead atoms. The highest BCUT2D eigenvalue weighted by molar-refractivity contribution is 5.97. The lowest BCUT2D eigenvalue weighted by Crippen LogP contribution is -2.25. The van der Waals surface area contributed by atoms with Crippen LogP contribution in [0.2, 0.25) is 0 Å². The van der Waals surface area contributed by atoms with Crippen LogP contribution in [0.25, 0.3) is 0 Å². The molecule has 1 aromatic carbocycles. The minimum Gasteiger partial charge on any atom is -0.379 e. The van der Waals surface area contributed by atoms with Gasteiger partial charge in [-0.2, -0.15) is 0 Å². The maximum absolute atomic E-state index is 11.8. The van der Waals surface area contributed by atoms with Crippen molar-refractivity contribution >= 4 is 11.5 Å². The summed E-state index contributed by atoms with van der Waals surface area (Å²) < 4.78 is 10.5. The van der Waals surface area contributed by atoms with Gasteiger partial charge in [0.05, 0.1) is 10.5 Å². The number of benzene rings is 1. The number of ether oxygens (including phenoxy) is 2. The number of nitro benzene ring substituents is 1. The van der Waals surface area contributed by atoms with E-state index in [4.69, 9.17) is 9.47 Å². The van der Waals surface area contributed by atoms with Crippen molar-refractivity contribution in [3.8, 4) is 0 Å². The summed E-state index contributed by atoms with van der Waals surface area (Å²) in [7, 11) is 1.62. The van der Waals surface area contributed by atoms with Crippen LogP contribution in [-0.2, 0) is 9.47 Å². The molecule has 0 atom stereocenters. The summed E-state index contributed by atoms with van der Waals surface area (Å²) >= 11 is 0. The fraction of sp³-hybridized carbons (Fsp3) is 0.500. The highest BCUT2D eigenvalue weighted by atomic mass is 16.6. The largest absolute Gasteiger partial charge is 0.379 e. The molecule has 0 aliphatic carbocycles. The summed E-state index contributed by atoms with van der Waals surface area (Å²) in [6.45, 7) is 4.15. The summed E-state index contributed by atoms with van der Waals surface area (Å²) in [6, 6.07) is 5.63. The van der Waals surface area contributed by atoms with Crippen LogP contribution < -0.4 is 0 Å². The summed E-state index contributed by atoms with van der Waals surface area (Å²) in [6.07, 6.45) is 0.658. The second kappa shape index (κ2) is 7.12. The molecule has 110 valence electrons. The Morgan fingerprint density at radius 2 is 2.10 bits per heavy atom. The quantitative estimate of drug-likeness (QED) is 0.317. The van der Waals surface area contributed by atoms with Crippen LogP contribution in [0, 0.1) is 10.1 Å². The number of carbonyl (C=O) groups excluding carboxylic acids is 1. The Hall–Kier alpha value is -1.79. The smallest absolute Gasteiger partial charge is 0.270 e. The van der Waals surface area contributed by atoms with Gasteiger partial charge in [-0.25, -0.2) is 0 Å². The van der Waals surface area contributed by atoms with Crippen LogP contribution in [0.5, 0.6) is 0 Å². The Morgan fingerprint density at radius 1 is 1.40 bits per heavy atom. The number of nitrogens with zero attached hydrogens (tertiary/aromatic N) is 1. The van der Waals surface area contributed by atoms with E-state index in [9.17, 15) is 14.9 Å². The molecular formula is C14H19NO5. The molecule has 0 aromatic heterocycles. The van der Waals surface area contributed by atoms with Gasteiger partial charge in [0.2, 0.25) is 0 Å². The summed E-state index contributed by atoms with van der Waals surface area (Å²) in [5.41, 5.74) is -0.115. The number of non-ortho nitro benzene ring substituents is 1. The lowest BCUT2D eigenvalue weighted by molar-refractivity contribution is -0.384. The normalized spacial score (nSPS) is 11.3. The summed E-state index contributed by atoms with van der Waals surface area (Å²) in [5.74, 6) is -0.274. The Bertz CT molecular complexity index is 484. The SMILES string of the molecule is COC(C)(C)CCOCC(=O)c1cccc([N+](=O)[O-])c1. The maximum atomic E-state index is 11.8. The van der Waals surface area contributed by atoms with E-state index in [1.165, 1.54) is 24.3 Å². The van der Waals surface area contributed by atoms with Crippen molar-refractivity contribution in [3.63, 3.8) is 0 Å². The molecule has 0 N–H and O–H groups in total. The number of ketones is 1. The molecule has 0 amide bonds. The lowest BCUT2D eigenvalue weighted by atomic mass is 10.1. The van der Waals surface area contributed by atoms with E-state index < -0.39 is 4.92 Å². The first-order valence-electron chi connectivity index (χ1n) is 6.26. The molecule has 0 fully saturated rings. The topological polar surface area (TPSA) is 78.7 Å². The predicted octanol–water partition coefficient (Wildman–Crippen LogP) is 2.61. The number of hydrogen-bond acceptors (Lipinski definition) is 5. The zero-order chi connectivity index (χ0) is 15.2. The number of rotatable bonds is 8. The van der Waals surface area contributed by atoms with Gasteiger partial charge in [-0.05, 0) is 20.3 Å². The van der Waals surface area contributed by atoms with E-state index in [-0.39, 0.29) is 29.2 Å². The van der Waals surface area contributed by atoms with Crippen molar-refractivity contribution in [2.75, 3.05) is 20.3 Å². The molecule has 0 spiro atoms. The molecule has 0 aliphatic rings. The number of nitro groups is 1. The molecule has 6 nitrogen and oxygen atoms in total. The van der Waals surface area contributed by atoms with Crippen molar-refractivity contribution in [2.45, 2.75) is 25.9 Å². The van der Waals surface area contributed by atoms with Crippen LogP contribution in [0.1, 0.15) is 30.6 Å². The van der Waals surface area contributed by atoms with Gasteiger partial charge in [0.1, 0.15) is 6.61 Å². The fourth-order valence-corrected chi connectivity index (χ4v) is 1.46. The van der Waals surface area contributed by atoms with Gasteiger partial charge < -0.3 is 9.47 Å². The third-order valence-electron chi connectivity index (χ3n) is 3.01. The van der Waals surface area contributed by atoms with E-state index in [0.717, 1.165) is 0 Å². The van der Waals surface area contributed by atoms with E-state index >= 15 is 0 Å². The summed E-state index contributed by atoms with van der Waals surface area (Å²) in [4.78, 5) is 21.9. The van der Waals surface area contributed by atoms with Crippen molar-refractivity contribution < 1.29 is 19.2 Å². The van der Waals surface area contributed by atoms with Crippen LogP contribution in [-0.4, -0.2) is 36.6 Å². The maximum Gasteiger partial charge on any atom is 0.270 e. The van der Waals surface area contributed by atoms with Crippen LogP contribution in [0.4, 0.5) is 5.69 Å². The fourth-order valence-electron chi connectivity index (χ4n) is 1.46. The predicted molar refractivity (Wildman–Crippen MR) is 74.0 cm³/mol. The number of Topliss-reactive ketones (excluding diaryl/α,β-unsaturated/α-hetero) is 1. The molecular weight excluding hydrogens is 262 g/mol. The molecule has 0 heterocycles. The van der Waals surface area contributed by atoms with Crippen LogP contribution >= 0.6 is 0 Å². The first-order valence-corrected chi connectivity index (χ1v) is 6.26. The molecule has 0 unspecified atom stereocenters. The Kier molecular flexibility index (Phi) is 5.79. The highest BCUT2D eigenvalue weighted by Crippen LogP contribution is 2.15. The van der Waals surface area contributed by atoms with E-state index in [1.54, 1.807) is 7.11 Å². The zero-order valence-electron chi connectivity index (χ0n) is 11.9. The molecule has 0 radical (unpaired) electrons. The monoisotopic (exact) mass is 281 g/mol. The zero-order valence-corrected chi connectivity index (χ0v) is 11.9. The molecule has 1 aromatic rings. The molecule has 0 aliphatic heterocycles. The van der Waals surface area contributed by atoms with Gasteiger partial charge in [0.25, 0.3) is 5.69 Å². The van der Waals surface area contributed by atoms with Gasteiger partial charge in [-0.3, -0.25) is 14.9 Å². The Labute approximate surface area is 117 Å². The Morgan fingerprint density at radius 3 is 2.70 bits per heavy atom. The lowest BCUT2D eigenvalue weighted by Gasteiger charge is -2.22.